The number of nitrogens with zero attached hydrogens (tertiary/aromatic N) is 2. The van der Waals surface area contributed by atoms with Gasteiger partial charge in [-0.3, -0.25) is 0 Å². The van der Waals surface area contributed by atoms with E-state index in [-0.39, 0.29) is 11.9 Å². The summed E-state index contributed by atoms with van der Waals surface area (Å²) in [6.07, 6.45) is -0.566. The minimum absolute atomic E-state index is 0.193. The minimum Gasteiger partial charge on any atom is -0.389 e. The molecule has 0 aliphatic carbocycles. The van der Waals surface area contributed by atoms with E-state index in [2.05, 4.69) is 15.3 Å². The van der Waals surface area contributed by atoms with E-state index >= 15 is 0 Å². The van der Waals surface area contributed by atoms with Gasteiger partial charge in [0.15, 0.2) is 0 Å². The molecule has 5 nitrogen and oxygen atoms in total. The number of halogens is 1. The largest absolute Gasteiger partial charge is 0.389 e. The van der Waals surface area contributed by atoms with Crippen molar-refractivity contribution in [2.24, 2.45) is 0 Å². The van der Waals surface area contributed by atoms with Crippen LogP contribution in [0, 0.1) is 6.92 Å². The predicted molar refractivity (Wildman–Crippen MR) is 58.2 cm³/mol. The van der Waals surface area contributed by atoms with E-state index in [1.807, 2.05) is 6.92 Å². The summed E-state index contributed by atoms with van der Waals surface area (Å²) in [5.41, 5.74) is 0.777. The van der Waals surface area contributed by atoms with E-state index in [0.29, 0.717) is 12.4 Å². The van der Waals surface area contributed by atoms with Crippen LogP contribution < -0.4 is 5.32 Å². The molecule has 0 saturated carbocycles. The molecule has 0 bridgehead atoms. The number of anilines is 1. The van der Waals surface area contributed by atoms with Crippen LogP contribution in [0.3, 0.4) is 0 Å². The van der Waals surface area contributed by atoms with Gasteiger partial charge in [0, 0.05) is 25.4 Å². The topological polar surface area (TPSA) is 67.3 Å². The molecular weight excluding hydrogens is 218 g/mol. The summed E-state index contributed by atoms with van der Waals surface area (Å²) >= 11 is 5.68. The number of hydrogen-bond donors (Lipinski definition) is 2. The summed E-state index contributed by atoms with van der Waals surface area (Å²) in [5, 5.41) is 12.5. The lowest BCUT2D eigenvalue weighted by Crippen LogP contribution is -2.24. The van der Waals surface area contributed by atoms with Crippen molar-refractivity contribution < 1.29 is 9.84 Å². The van der Waals surface area contributed by atoms with Gasteiger partial charge in [-0.2, -0.15) is 0 Å². The van der Waals surface area contributed by atoms with Gasteiger partial charge in [-0.1, -0.05) is 0 Å². The van der Waals surface area contributed by atoms with Gasteiger partial charge in [0.1, 0.15) is 5.82 Å². The van der Waals surface area contributed by atoms with Crippen molar-refractivity contribution >= 4 is 17.4 Å². The minimum atomic E-state index is -0.566. The first-order chi connectivity index (χ1) is 7.11. The van der Waals surface area contributed by atoms with Crippen molar-refractivity contribution in [2.75, 3.05) is 25.6 Å². The van der Waals surface area contributed by atoms with Gasteiger partial charge in [-0.15, -0.1) is 0 Å². The van der Waals surface area contributed by atoms with Gasteiger partial charge in [0.2, 0.25) is 5.28 Å². The smallest absolute Gasteiger partial charge is 0.224 e. The normalized spacial score (nSPS) is 12.5. The van der Waals surface area contributed by atoms with Crippen molar-refractivity contribution in [1.82, 2.24) is 9.97 Å². The number of ether oxygens (including phenoxy) is 1. The van der Waals surface area contributed by atoms with Crippen molar-refractivity contribution in [2.45, 2.75) is 13.0 Å². The lowest BCUT2D eigenvalue weighted by atomic mass is 10.3. The molecular formula is C9H14ClN3O2. The Morgan fingerprint density at radius 2 is 2.33 bits per heavy atom. The lowest BCUT2D eigenvalue weighted by molar-refractivity contribution is 0.0727. The molecule has 1 unspecified atom stereocenters. The maximum absolute atomic E-state index is 9.39. The number of aromatic nitrogens is 2. The van der Waals surface area contributed by atoms with E-state index in [9.17, 15) is 5.11 Å². The van der Waals surface area contributed by atoms with E-state index in [1.54, 1.807) is 6.07 Å². The van der Waals surface area contributed by atoms with Crippen molar-refractivity contribution in [3.05, 3.63) is 17.0 Å². The van der Waals surface area contributed by atoms with Crippen LogP contribution in [0.4, 0.5) is 5.82 Å². The predicted octanol–water partition coefficient (Wildman–Crippen LogP) is 0.858. The van der Waals surface area contributed by atoms with Gasteiger partial charge in [-0.05, 0) is 18.5 Å². The molecule has 1 heterocycles. The van der Waals surface area contributed by atoms with Crippen molar-refractivity contribution in [3.63, 3.8) is 0 Å². The average Bonchev–Trinajstić information content (AvgIpc) is 2.14. The Balaban J connectivity index is 2.50. The van der Waals surface area contributed by atoms with Crippen LogP contribution in [-0.2, 0) is 4.74 Å². The second-order valence-electron chi connectivity index (χ2n) is 3.15. The van der Waals surface area contributed by atoms with Gasteiger partial charge in [0.05, 0.1) is 12.7 Å². The van der Waals surface area contributed by atoms with Crippen molar-refractivity contribution in [1.29, 1.82) is 0 Å². The molecule has 15 heavy (non-hydrogen) atoms. The van der Waals surface area contributed by atoms with Gasteiger partial charge in [-0.25, -0.2) is 9.97 Å². The molecule has 1 aromatic rings. The van der Waals surface area contributed by atoms with Gasteiger partial charge < -0.3 is 15.2 Å². The molecule has 0 spiro atoms. The highest BCUT2D eigenvalue weighted by molar-refractivity contribution is 6.28. The summed E-state index contributed by atoms with van der Waals surface area (Å²) < 4.78 is 4.79. The van der Waals surface area contributed by atoms with Crippen LogP contribution in [-0.4, -0.2) is 41.4 Å². The number of aliphatic hydroxyl groups excluding tert-OH is 1. The van der Waals surface area contributed by atoms with Crippen LogP contribution in [0.5, 0.6) is 0 Å². The molecule has 1 rings (SSSR count). The first-order valence-electron chi connectivity index (χ1n) is 4.54. The highest BCUT2D eigenvalue weighted by atomic mass is 35.5. The third-order valence-electron chi connectivity index (χ3n) is 1.70. The molecule has 2 N–H and O–H groups in total. The monoisotopic (exact) mass is 231 g/mol. The highest BCUT2D eigenvalue weighted by Crippen LogP contribution is 2.09. The number of rotatable bonds is 5. The van der Waals surface area contributed by atoms with Crippen LogP contribution in [0.25, 0.3) is 0 Å². The molecule has 0 saturated heterocycles. The second kappa shape index (κ2) is 5.85. The van der Waals surface area contributed by atoms with Crippen LogP contribution in [0.15, 0.2) is 6.07 Å². The Labute approximate surface area is 93.5 Å². The number of aryl methyl sites for hydroxylation is 1. The summed E-state index contributed by atoms with van der Waals surface area (Å²) in [6.45, 7) is 2.47. The second-order valence-corrected chi connectivity index (χ2v) is 3.49. The van der Waals surface area contributed by atoms with Crippen LogP contribution >= 0.6 is 11.6 Å². The van der Waals surface area contributed by atoms with Crippen molar-refractivity contribution in [3.8, 4) is 0 Å². The SMILES string of the molecule is COCC(O)CNc1cc(C)nc(Cl)n1. The van der Waals surface area contributed by atoms with Gasteiger partial charge >= 0.3 is 0 Å². The number of hydrogen-bond acceptors (Lipinski definition) is 5. The molecule has 0 fully saturated rings. The fourth-order valence-electron chi connectivity index (χ4n) is 1.10. The molecule has 1 atom stereocenters. The number of aliphatic hydroxyl groups is 1. The Hall–Kier alpha value is -0.910. The van der Waals surface area contributed by atoms with E-state index < -0.39 is 6.10 Å². The third kappa shape index (κ3) is 4.42. The first-order valence-corrected chi connectivity index (χ1v) is 4.91. The molecule has 0 aromatic carbocycles. The Morgan fingerprint density at radius 1 is 1.60 bits per heavy atom. The Bertz CT molecular complexity index is 302. The Morgan fingerprint density at radius 3 is 2.93 bits per heavy atom. The summed E-state index contributed by atoms with van der Waals surface area (Å²) in [4.78, 5) is 7.88. The molecule has 0 radical (unpaired) electrons. The zero-order valence-corrected chi connectivity index (χ0v) is 9.45. The standard InChI is InChI=1S/C9H14ClN3O2/c1-6-3-8(13-9(10)12-6)11-4-7(14)5-15-2/h3,7,14H,4-5H2,1-2H3,(H,11,12,13). The molecule has 84 valence electrons. The summed E-state index contributed by atoms with van der Waals surface area (Å²) in [5.74, 6) is 0.600. The Kier molecular flexibility index (Phi) is 4.74. The van der Waals surface area contributed by atoms with E-state index in [0.717, 1.165) is 5.69 Å². The highest BCUT2D eigenvalue weighted by Gasteiger charge is 2.04. The summed E-state index contributed by atoms with van der Waals surface area (Å²) in [7, 11) is 1.54. The number of nitrogens with one attached hydrogen (secondary N) is 1. The summed E-state index contributed by atoms with van der Waals surface area (Å²) in [6, 6.07) is 1.76. The van der Waals surface area contributed by atoms with Crippen LogP contribution in [0.1, 0.15) is 5.69 Å². The molecule has 0 aliphatic rings. The maximum atomic E-state index is 9.39. The fourth-order valence-corrected chi connectivity index (χ4v) is 1.32. The van der Waals surface area contributed by atoms with E-state index in [4.69, 9.17) is 16.3 Å². The lowest BCUT2D eigenvalue weighted by Gasteiger charge is -2.11. The third-order valence-corrected chi connectivity index (χ3v) is 1.87. The molecule has 0 amide bonds. The van der Waals surface area contributed by atoms with Gasteiger partial charge in [0.25, 0.3) is 0 Å². The maximum Gasteiger partial charge on any atom is 0.224 e. The molecule has 6 heteroatoms. The zero-order chi connectivity index (χ0) is 11.3. The fraction of sp³-hybridized carbons (Fsp3) is 0.556. The quantitative estimate of drug-likeness (QED) is 0.736. The number of methoxy groups -OCH3 is 1. The molecule has 1 aromatic heterocycles. The molecule has 0 aliphatic heterocycles. The zero-order valence-electron chi connectivity index (χ0n) is 8.70. The average molecular weight is 232 g/mol. The van der Waals surface area contributed by atoms with E-state index in [1.165, 1.54) is 7.11 Å². The van der Waals surface area contributed by atoms with Crippen LogP contribution in [0.2, 0.25) is 5.28 Å². The first kappa shape index (κ1) is 12.2.